The number of carbonyl (C=O) groups is 2. The van der Waals surface area contributed by atoms with Gasteiger partial charge in [0.2, 0.25) is 10.0 Å². The Bertz CT molecular complexity index is 466. The molecule has 1 N–H and O–H groups in total. The zero-order valence-corrected chi connectivity index (χ0v) is 14.2. The Labute approximate surface area is 126 Å². The number of methoxy groups -OCH3 is 1. The van der Waals surface area contributed by atoms with Gasteiger partial charge in [0.25, 0.3) is 0 Å². The molecule has 0 unspecified atom stereocenters. The standard InChI is InChI=1S/C13H25NO6S/c1-7-9(2)11(12(16)20-13(3,4)5)14-21(17,18)8-10(15)19-6/h9,11,14H,7-8H2,1-6H3/t9-,11-/m0/s1. The Morgan fingerprint density at radius 1 is 1.24 bits per heavy atom. The molecule has 2 atom stereocenters. The van der Waals surface area contributed by atoms with Crippen molar-refractivity contribution in [2.45, 2.75) is 52.7 Å². The van der Waals surface area contributed by atoms with E-state index in [1.165, 1.54) is 0 Å². The summed E-state index contributed by atoms with van der Waals surface area (Å²) in [4.78, 5) is 23.2. The zero-order chi connectivity index (χ0) is 16.8. The first-order valence-electron chi connectivity index (χ1n) is 6.71. The van der Waals surface area contributed by atoms with E-state index in [1.54, 1.807) is 27.7 Å². The van der Waals surface area contributed by atoms with Crippen LogP contribution in [0.1, 0.15) is 41.0 Å². The van der Waals surface area contributed by atoms with Crippen LogP contribution in [0.3, 0.4) is 0 Å². The maximum absolute atomic E-state index is 12.1. The van der Waals surface area contributed by atoms with Crippen molar-refractivity contribution < 1.29 is 27.5 Å². The normalized spacial score (nSPS) is 15.1. The average molecular weight is 323 g/mol. The third kappa shape index (κ3) is 8.01. The van der Waals surface area contributed by atoms with Crippen molar-refractivity contribution in [1.82, 2.24) is 4.72 Å². The SMILES string of the molecule is CC[C@H](C)[C@H](NS(=O)(=O)CC(=O)OC)C(=O)OC(C)(C)C. The quantitative estimate of drug-likeness (QED) is 0.697. The first-order chi connectivity index (χ1) is 9.41. The van der Waals surface area contributed by atoms with Crippen LogP contribution in [0.2, 0.25) is 0 Å². The number of sulfonamides is 1. The molecule has 0 aliphatic carbocycles. The first-order valence-corrected chi connectivity index (χ1v) is 8.36. The van der Waals surface area contributed by atoms with Gasteiger partial charge in [-0.3, -0.25) is 9.59 Å². The van der Waals surface area contributed by atoms with Gasteiger partial charge in [-0.1, -0.05) is 20.3 Å². The van der Waals surface area contributed by atoms with Crippen molar-refractivity contribution in [3.05, 3.63) is 0 Å². The molecule has 0 saturated carbocycles. The molecule has 0 aromatic carbocycles. The van der Waals surface area contributed by atoms with E-state index >= 15 is 0 Å². The van der Waals surface area contributed by atoms with Gasteiger partial charge in [0.1, 0.15) is 11.6 Å². The largest absolute Gasteiger partial charge is 0.468 e. The lowest BCUT2D eigenvalue weighted by Crippen LogP contribution is -2.49. The van der Waals surface area contributed by atoms with Crippen LogP contribution < -0.4 is 4.72 Å². The summed E-state index contributed by atoms with van der Waals surface area (Å²) in [6.07, 6.45) is 0.574. The number of hydrogen-bond donors (Lipinski definition) is 1. The van der Waals surface area contributed by atoms with Crippen molar-refractivity contribution in [3.63, 3.8) is 0 Å². The van der Waals surface area contributed by atoms with Crippen molar-refractivity contribution >= 4 is 22.0 Å². The minimum absolute atomic E-state index is 0.271. The number of rotatable bonds is 7. The van der Waals surface area contributed by atoms with Crippen LogP contribution in [0.4, 0.5) is 0 Å². The van der Waals surface area contributed by atoms with Crippen LogP contribution >= 0.6 is 0 Å². The Hall–Kier alpha value is -1.15. The van der Waals surface area contributed by atoms with E-state index in [2.05, 4.69) is 9.46 Å². The fraction of sp³-hybridized carbons (Fsp3) is 0.846. The Kier molecular flexibility index (Phi) is 7.32. The molecule has 0 fully saturated rings. The number of ether oxygens (including phenoxy) is 2. The maximum atomic E-state index is 12.1. The van der Waals surface area contributed by atoms with E-state index < -0.39 is 39.4 Å². The predicted molar refractivity (Wildman–Crippen MR) is 78.0 cm³/mol. The molecule has 0 aliphatic heterocycles. The highest BCUT2D eigenvalue weighted by atomic mass is 32.2. The van der Waals surface area contributed by atoms with Crippen LogP contribution in [0.25, 0.3) is 0 Å². The van der Waals surface area contributed by atoms with E-state index in [4.69, 9.17) is 4.74 Å². The molecule has 0 aromatic heterocycles. The minimum Gasteiger partial charge on any atom is -0.468 e. The van der Waals surface area contributed by atoms with Gasteiger partial charge in [-0.2, -0.15) is 0 Å². The summed E-state index contributed by atoms with van der Waals surface area (Å²) in [7, 11) is -2.88. The lowest BCUT2D eigenvalue weighted by Gasteiger charge is -2.27. The van der Waals surface area contributed by atoms with Crippen molar-refractivity contribution in [2.24, 2.45) is 5.92 Å². The summed E-state index contributed by atoms with van der Waals surface area (Å²) in [6, 6.07) is -1.04. The van der Waals surface area contributed by atoms with Gasteiger partial charge in [-0.05, 0) is 26.7 Å². The number of carbonyl (C=O) groups excluding carboxylic acids is 2. The average Bonchev–Trinajstić information content (AvgIpc) is 2.32. The molecule has 0 amide bonds. The molecule has 7 nitrogen and oxygen atoms in total. The van der Waals surface area contributed by atoms with Gasteiger partial charge in [0.15, 0.2) is 5.75 Å². The second-order valence-electron chi connectivity index (χ2n) is 5.85. The highest BCUT2D eigenvalue weighted by Gasteiger charge is 2.33. The smallest absolute Gasteiger partial charge is 0.324 e. The third-order valence-corrected chi connectivity index (χ3v) is 3.94. The maximum Gasteiger partial charge on any atom is 0.324 e. The number of esters is 2. The Morgan fingerprint density at radius 2 is 1.76 bits per heavy atom. The monoisotopic (exact) mass is 323 g/mol. The van der Waals surface area contributed by atoms with Gasteiger partial charge < -0.3 is 9.47 Å². The van der Waals surface area contributed by atoms with Crippen LogP contribution in [0, 0.1) is 5.92 Å². The van der Waals surface area contributed by atoms with Crippen LogP contribution in [-0.2, 0) is 29.1 Å². The molecule has 124 valence electrons. The number of nitrogens with one attached hydrogen (secondary N) is 1. The topological polar surface area (TPSA) is 98.8 Å². The highest BCUT2D eigenvalue weighted by Crippen LogP contribution is 2.15. The van der Waals surface area contributed by atoms with Gasteiger partial charge in [0, 0.05) is 0 Å². The molecule has 0 spiro atoms. The van der Waals surface area contributed by atoms with Gasteiger partial charge in [0.05, 0.1) is 7.11 Å². The molecular formula is C13H25NO6S. The fourth-order valence-corrected chi connectivity index (χ4v) is 2.67. The summed E-state index contributed by atoms with van der Waals surface area (Å²) in [5, 5.41) is 0. The van der Waals surface area contributed by atoms with E-state index in [-0.39, 0.29) is 5.92 Å². The molecule has 0 aromatic rings. The van der Waals surface area contributed by atoms with E-state index in [9.17, 15) is 18.0 Å². The molecule has 0 heterocycles. The van der Waals surface area contributed by atoms with E-state index in [1.807, 2.05) is 6.92 Å². The van der Waals surface area contributed by atoms with E-state index in [0.717, 1.165) is 7.11 Å². The summed E-state index contributed by atoms with van der Waals surface area (Å²) in [5.74, 6) is -2.66. The Balaban J connectivity index is 5.10. The van der Waals surface area contributed by atoms with Crippen LogP contribution in [0.15, 0.2) is 0 Å². The Morgan fingerprint density at radius 3 is 2.14 bits per heavy atom. The second kappa shape index (κ2) is 7.74. The third-order valence-electron chi connectivity index (χ3n) is 2.72. The van der Waals surface area contributed by atoms with Crippen LogP contribution in [0.5, 0.6) is 0 Å². The van der Waals surface area contributed by atoms with Gasteiger partial charge in [-0.15, -0.1) is 0 Å². The summed E-state index contributed by atoms with van der Waals surface area (Å²) in [6.45, 7) is 8.65. The molecule has 0 aliphatic rings. The summed E-state index contributed by atoms with van der Waals surface area (Å²) >= 11 is 0. The molecule has 0 rings (SSSR count). The lowest BCUT2D eigenvalue weighted by atomic mass is 10.00. The summed E-state index contributed by atoms with van der Waals surface area (Å²) in [5.41, 5.74) is -0.726. The highest BCUT2D eigenvalue weighted by molar-refractivity contribution is 7.90. The zero-order valence-electron chi connectivity index (χ0n) is 13.4. The van der Waals surface area contributed by atoms with Crippen molar-refractivity contribution in [3.8, 4) is 0 Å². The van der Waals surface area contributed by atoms with Crippen molar-refractivity contribution in [1.29, 1.82) is 0 Å². The fourth-order valence-electron chi connectivity index (χ4n) is 1.45. The molecular weight excluding hydrogens is 298 g/mol. The molecule has 21 heavy (non-hydrogen) atoms. The van der Waals surface area contributed by atoms with E-state index in [0.29, 0.717) is 6.42 Å². The van der Waals surface area contributed by atoms with Crippen molar-refractivity contribution in [2.75, 3.05) is 12.9 Å². The predicted octanol–water partition coefficient (Wildman–Crippen LogP) is 0.835. The minimum atomic E-state index is -3.97. The molecule has 0 radical (unpaired) electrons. The first kappa shape index (κ1) is 19.9. The van der Waals surface area contributed by atoms with Gasteiger partial charge in [-0.25, -0.2) is 13.1 Å². The van der Waals surface area contributed by atoms with Crippen LogP contribution in [-0.4, -0.2) is 44.9 Å². The lowest BCUT2D eigenvalue weighted by molar-refractivity contribution is -0.158. The summed E-state index contributed by atoms with van der Waals surface area (Å²) < 4.78 is 35.5. The molecule has 0 bridgehead atoms. The molecule has 8 heteroatoms. The second-order valence-corrected chi connectivity index (χ2v) is 7.60. The number of hydrogen-bond acceptors (Lipinski definition) is 6. The molecule has 0 saturated heterocycles. The van der Waals surface area contributed by atoms with Gasteiger partial charge >= 0.3 is 11.9 Å².